The maximum absolute atomic E-state index is 12.9. The van der Waals surface area contributed by atoms with E-state index in [0.29, 0.717) is 11.7 Å². The quantitative estimate of drug-likeness (QED) is 0.184. The van der Waals surface area contributed by atoms with E-state index in [1.165, 1.54) is 60.8 Å². The molecule has 0 bridgehead atoms. The van der Waals surface area contributed by atoms with Crippen LogP contribution in [-0.2, 0) is 10.1 Å². The van der Waals surface area contributed by atoms with Crippen LogP contribution in [0.15, 0.2) is 83.3 Å². The van der Waals surface area contributed by atoms with Gasteiger partial charge < -0.3 is 4.18 Å². The molecule has 1 aliphatic carbocycles. The molecule has 0 aliphatic heterocycles. The average molecular weight is 503 g/mol. The number of aryl methyl sites for hydroxylation is 1. The fourth-order valence-electron chi connectivity index (χ4n) is 5.19. The molecule has 3 nitrogen and oxygen atoms in total. The standard InChI is InChI=1S/C32H38O3S/c1-4-5-6-7-8-12-15-30-31(25(3)26-13-10-9-11-14-26)22-27-18-19-28(23-32(27)30)35-36(33,34)29-20-16-24(2)17-21-29/h9-11,13-14,16-23,25,30H,4-8,12,15H2,1-3H3. The summed E-state index contributed by atoms with van der Waals surface area (Å²) >= 11 is 0. The van der Waals surface area contributed by atoms with Gasteiger partial charge in [-0.1, -0.05) is 118 Å². The Labute approximate surface area is 217 Å². The fourth-order valence-corrected chi connectivity index (χ4v) is 6.11. The SMILES string of the molecule is CCCCCCCCC1C(C(C)c2ccccc2)=Cc2ccc(OS(=O)(=O)c3ccc(C)cc3)cc21. The summed E-state index contributed by atoms with van der Waals surface area (Å²) < 4.78 is 31.4. The highest BCUT2D eigenvalue weighted by molar-refractivity contribution is 7.87. The lowest BCUT2D eigenvalue weighted by Gasteiger charge is -2.23. The second kappa shape index (κ2) is 11.9. The largest absolute Gasteiger partial charge is 0.379 e. The minimum absolute atomic E-state index is 0.175. The molecule has 1 aliphatic rings. The summed E-state index contributed by atoms with van der Waals surface area (Å²) in [5.41, 5.74) is 6.07. The topological polar surface area (TPSA) is 43.4 Å². The van der Waals surface area contributed by atoms with Crippen LogP contribution < -0.4 is 4.18 Å². The first-order valence-corrected chi connectivity index (χ1v) is 14.7. The van der Waals surface area contributed by atoms with Gasteiger partial charge in [-0.3, -0.25) is 0 Å². The average Bonchev–Trinajstić information content (AvgIpc) is 3.24. The molecule has 0 aromatic heterocycles. The van der Waals surface area contributed by atoms with E-state index < -0.39 is 10.1 Å². The van der Waals surface area contributed by atoms with Crippen LogP contribution in [0, 0.1) is 6.92 Å². The molecule has 2 unspecified atom stereocenters. The van der Waals surface area contributed by atoms with Crippen LogP contribution in [0.3, 0.4) is 0 Å². The summed E-state index contributed by atoms with van der Waals surface area (Å²) in [7, 11) is -3.88. The zero-order valence-corrected chi connectivity index (χ0v) is 22.6. The zero-order chi connectivity index (χ0) is 25.5. The predicted octanol–water partition coefficient (Wildman–Crippen LogP) is 8.80. The van der Waals surface area contributed by atoms with Crippen molar-refractivity contribution in [3.8, 4) is 5.75 Å². The second-order valence-electron chi connectivity index (χ2n) is 10.0. The highest BCUT2D eigenvalue weighted by Crippen LogP contribution is 2.47. The van der Waals surface area contributed by atoms with Gasteiger partial charge in [-0.2, -0.15) is 8.42 Å². The Morgan fingerprint density at radius 2 is 1.56 bits per heavy atom. The lowest BCUT2D eigenvalue weighted by Crippen LogP contribution is -2.10. The highest BCUT2D eigenvalue weighted by Gasteiger charge is 2.30. The van der Waals surface area contributed by atoms with E-state index in [4.69, 9.17) is 4.18 Å². The van der Waals surface area contributed by atoms with Crippen molar-refractivity contribution in [3.63, 3.8) is 0 Å². The van der Waals surface area contributed by atoms with Crippen molar-refractivity contribution in [2.75, 3.05) is 0 Å². The minimum Gasteiger partial charge on any atom is -0.379 e. The first-order valence-electron chi connectivity index (χ1n) is 13.3. The molecule has 0 heterocycles. The van der Waals surface area contributed by atoms with Crippen LogP contribution >= 0.6 is 0 Å². The van der Waals surface area contributed by atoms with Gasteiger partial charge in [0, 0.05) is 11.8 Å². The Morgan fingerprint density at radius 1 is 0.861 bits per heavy atom. The molecule has 190 valence electrons. The van der Waals surface area contributed by atoms with Crippen LogP contribution in [0.4, 0.5) is 0 Å². The van der Waals surface area contributed by atoms with Gasteiger partial charge in [0.1, 0.15) is 10.6 Å². The Bertz CT molecular complexity index is 1270. The monoisotopic (exact) mass is 502 g/mol. The van der Waals surface area contributed by atoms with Crippen molar-refractivity contribution in [1.82, 2.24) is 0 Å². The zero-order valence-electron chi connectivity index (χ0n) is 21.7. The summed E-state index contributed by atoms with van der Waals surface area (Å²) in [6.45, 7) is 6.46. The third kappa shape index (κ3) is 6.28. The van der Waals surface area contributed by atoms with Crippen LogP contribution in [0.1, 0.15) is 92.9 Å². The minimum atomic E-state index is -3.88. The molecule has 36 heavy (non-hydrogen) atoms. The number of hydrogen-bond acceptors (Lipinski definition) is 3. The smallest absolute Gasteiger partial charge is 0.339 e. The van der Waals surface area contributed by atoms with Gasteiger partial charge in [0.2, 0.25) is 0 Å². The maximum Gasteiger partial charge on any atom is 0.339 e. The van der Waals surface area contributed by atoms with E-state index in [-0.39, 0.29) is 10.8 Å². The van der Waals surface area contributed by atoms with E-state index in [2.05, 4.69) is 50.3 Å². The van der Waals surface area contributed by atoms with Crippen molar-refractivity contribution in [2.45, 2.75) is 82.4 Å². The van der Waals surface area contributed by atoms with Gasteiger partial charge in [0.15, 0.2) is 0 Å². The molecule has 0 amide bonds. The van der Waals surface area contributed by atoms with Crippen LogP contribution in [0.2, 0.25) is 0 Å². The molecule has 0 fully saturated rings. The van der Waals surface area contributed by atoms with Gasteiger partial charge in [0.25, 0.3) is 0 Å². The normalized spacial score (nSPS) is 15.9. The van der Waals surface area contributed by atoms with Gasteiger partial charge >= 0.3 is 10.1 Å². The Morgan fingerprint density at radius 3 is 2.28 bits per heavy atom. The van der Waals surface area contributed by atoms with Crippen molar-refractivity contribution >= 4 is 16.2 Å². The molecule has 4 heteroatoms. The number of allylic oxidation sites excluding steroid dienone is 1. The maximum atomic E-state index is 12.9. The molecule has 0 saturated carbocycles. The van der Waals surface area contributed by atoms with E-state index in [1.807, 2.05) is 19.1 Å². The van der Waals surface area contributed by atoms with Crippen molar-refractivity contribution in [1.29, 1.82) is 0 Å². The molecule has 0 N–H and O–H groups in total. The Balaban J connectivity index is 1.56. The molecule has 4 rings (SSSR count). The van der Waals surface area contributed by atoms with Gasteiger partial charge in [0.05, 0.1) is 0 Å². The third-order valence-corrected chi connectivity index (χ3v) is 8.58. The molecule has 0 spiro atoms. The lowest BCUT2D eigenvalue weighted by atomic mass is 9.82. The summed E-state index contributed by atoms with van der Waals surface area (Å²) in [6, 6.07) is 23.1. The molecular formula is C32H38O3S. The van der Waals surface area contributed by atoms with Crippen molar-refractivity contribution < 1.29 is 12.6 Å². The highest BCUT2D eigenvalue weighted by atomic mass is 32.2. The Kier molecular flexibility index (Phi) is 8.68. The van der Waals surface area contributed by atoms with Crippen molar-refractivity contribution in [3.05, 3.63) is 101 Å². The molecule has 0 saturated heterocycles. The number of hydrogen-bond donors (Lipinski definition) is 0. The summed E-state index contributed by atoms with van der Waals surface area (Å²) in [5.74, 6) is 0.945. The van der Waals surface area contributed by atoms with Crippen LogP contribution in [-0.4, -0.2) is 8.42 Å². The second-order valence-corrected chi connectivity index (χ2v) is 11.6. The summed E-state index contributed by atoms with van der Waals surface area (Å²) in [5, 5.41) is 0. The van der Waals surface area contributed by atoms with Crippen LogP contribution in [0.25, 0.3) is 6.08 Å². The fraction of sp³-hybridized carbons (Fsp3) is 0.375. The number of unbranched alkanes of at least 4 members (excludes halogenated alkanes) is 5. The predicted molar refractivity (Wildman–Crippen MR) is 149 cm³/mol. The number of rotatable bonds is 12. The number of benzene rings is 3. The van der Waals surface area contributed by atoms with E-state index in [1.54, 1.807) is 30.3 Å². The lowest BCUT2D eigenvalue weighted by molar-refractivity contribution is 0.485. The van der Waals surface area contributed by atoms with E-state index in [9.17, 15) is 8.42 Å². The van der Waals surface area contributed by atoms with Crippen LogP contribution in [0.5, 0.6) is 5.75 Å². The van der Waals surface area contributed by atoms with Gasteiger partial charge in [-0.25, -0.2) is 0 Å². The molecule has 0 radical (unpaired) electrons. The molecule has 3 aromatic rings. The molecule has 2 atom stereocenters. The van der Waals surface area contributed by atoms with E-state index in [0.717, 1.165) is 12.0 Å². The van der Waals surface area contributed by atoms with Gasteiger partial charge in [-0.15, -0.1) is 0 Å². The number of fused-ring (bicyclic) bond motifs is 1. The Hall–Kier alpha value is -2.85. The first-order chi connectivity index (χ1) is 17.4. The first kappa shape index (κ1) is 26.2. The van der Waals surface area contributed by atoms with Crippen molar-refractivity contribution in [2.24, 2.45) is 0 Å². The summed E-state index contributed by atoms with van der Waals surface area (Å²) in [4.78, 5) is 0.175. The molecular weight excluding hydrogens is 464 g/mol. The summed E-state index contributed by atoms with van der Waals surface area (Å²) in [6.07, 6.45) is 10.9. The third-order valence-electron chi connectivity index (χ3n) is 7.32. The molecule has 3 aromatic carbocycles. The van der Waals surface area contributed by atoms with Gasteiger partial charge in [-0.05, 0) is 54.3 Å². The van der Waals surface area contributed by atoms with E-state index >= 15 is 0 Å².